The normalized spacial score (nSPS) is 10.3. The van der Waals surface area contributed by atoms with Crippen LogP contribution in [0.25, 0.3) is 0 Å². The summed E-state index contributed by atoms with van der Waals surface area (Å²) in [6.07, 6.45) is 1.60. The molecule has 2 heterocycles. The Morgan fingerprint density at radius 2 is 1.96 bits per heavy atom. The van der Waals surface area contributed by atoms with Crippen LogP contribution in [-0.2, 0) is 6.54 Å². The van der Waals surface area contributed by atoms with Crippen LogP contribution in [0.3, 0.4) is 0 Å². The average Bonchev–Trinajstić information content (AvgIpc) is 3.09. The van der Waals surface area contributed by atoms with Crippen molar-refractivity contribution in [2.45, 2.75) is 6.54 Å². The minimum Gasteiger partial charge on any atom is -0.467 e. The second kappa shape index (κ2) is 6.93. The van der Waals surface area contributed by atoms with Crippen molar-refractivity contribution in [2.24, 2.45) is 0 Å². The second-order valence-electron chi connectivity index (χ2n) is 4.67. The van der Waals surface area contributed by atoms with Crippen LogP contribution in [0.2, 0.25) is 5.02 Å². The summed E-state index contributed by atoms with van der Waals surface area (Å²) in [6, 6.07) is 13.9. The number of nitrogens with one attached hydrogen (secondary N) is 2. The van der Waals surface area contributed by atoms with Gasteiger partial charge in [-0.2, -0.15) is 0 Å². The summed E-state index contributed by atoms with van der Waals surface area (Å²) in [7, 11) is 0. The molecule has 1 aromatic carbocycles. The molecule has 2 aromatic heterocycles. The van der Waals surface area contributed by atoms with Gasteiger partial charge in [0.2, 0.25) is 0 Å². The van der Waals surface area contributed by atoms with Crippen LogP contribution in [0, 0.1) is 0 Å². The first-order valence-electron chi connectivity index (χ1n) is 6.88. The van der Waals surface area contributed by atoms with Crippen LogP contribution >= 0.6 is 11.6 Å². The zero-order valence-corrected chi connectivity index (χ0v) is 12.7. The largest absolute Gasteiger partial charge is 0.467 e. The minimum absolute atomic E-state index is 0.202. The summed E-state index contributed by atoms with van der Waals surface area (Å²) in [5, 5.41) is 14.1. The van der Waals surface area contributed by atoms with Gasteiger partial charge >= 0.3 is 0 Å². The van der Waals surface area contributed by atoms with Crippen molar-refractivity contribution < 1.29 is 9.21 Å². The highest BCUT2D eigenvalue weighted by Gasteiger charge is 2.10. The molecule has 0 fully saturated rings. The molecule has 3 aromatic rings. The summed E-state index contributed by atoms with van der Waals surface area (Å²) < 4.78 is 5.21. The number of rotatable bonds is 5. The van der Waals surface area contributed by atoms with Gasteiger partial charge < -0.3 is 15.1 Å². The van der Waals surface area contributed by atoms with Crippen molar-refractivity contribution in [1.29, 1.82) is 0 Å². The molecule has 6 nitrogen and oxygen atoms in total. The molecule has 23 heavy (non-hydrogen) atoms. The lowest BCUT2D eigenvalue weighted by Gasteiger charge is -2.07. The molecule has 2 N–H and O–H groups in total. The van der Waals surface area contributed by atoms with Crippen molar-refractivity contribution in [1.82, 2.24) is 10.2 Å². The van der Waals surface area contributed by atoms with Crippen molar-refractivity contribution in [3.8, 4) is 0 Å². The van der Waals surface area contributed by atoms with Crippen LogP contribution in [0.5, 0.6) is 0 Å². The topological polar surface area (TPSA) is 80.0 Å². The molecule has 1 amide bonds. The third-order valence-corrected chi connectivity index (χ3v) is 3.37. The molecule has 7 heteroatoms. The van der Waals surface area contributed by atoms with Crippen molar-refractivity contribution >= 4 is 29.0 Å². The van der Waals surface area contributed by atoms with Gasteiger partial charge in [0.1, 0.15) is 11.6 Å². The number of hydrogen-bond donors (Lipinski definition) is 2. The van der Waals surface area contributed by atoms with Crippen molar-refractivity contribution in [2.75, 3.05) is 10.6 Å². The molecule has 0 aliphatic carbocycles. The molecule has 0 saturated heterocycles. The number of furan rings is 1. The Bertz CT molecular complexity index is 788. The van der Waals surface area contributed by atoms with E-state index in [1.165, 1.54) is 0 Å². The van der Waals surface area contributed by atoms with Crippen molar-refractivity contribution in [3.63, 3.8) is 0 Å². The van der Waals surface area contributed by atoms with E-state index in [2.05, 4.69) is 20.8 Å². The van der Waals surface area contributed by atoms with E-state index in [4.69, 9.17) is 16.0 Å². The number of carbonyl (C=O) groups excluding carboxylic acids is 1. The summed E-state index contributed by atoms with van der Waals surface area (Å²) in [5.74, 6) is 0.964. The smallest absolute Gasteiger partial charge is 0.276 e. The maximum Gasteiger partial charge on any atom is 0.276 e. The lowest BCUT2D eigenvalue weighted by molar-refractivity contribution is 0.102. The lowest BCUT2D eigenvalue weighted by atomic mass is 10.3. The van der Waals surface area contributed by atoms with Crippen LogP contribution < -0.4 is 10.6 Å². The quantitative estimate of drug-likeness (QED) is 0.748. The molecule has 0 aliphatic rings. The maximum absolute atomic E-state index is 12.1. The zero-order chi connectivity index (χ0) is 16.1. The molecule has 0 spiro atoms. The van der Waals surface area contributed by atoms with E-state index in [0.717, 1.165) is 5.76 Å². The summed E-state index contributed by atoms with van der Waals surface area (Å²) in [6.45, 7) is 0.493. The summed E-state index contributed by atoms with van der Waals surface area (Å²) in [5.41, 5.74) is 0.731. The van der Waals surface area contributed by atoms with Gasteiger partial charge in [0.25, 0.3) is 5.91 Å². The van der Waals surface area contributed by atoms with Gasteiger partial charge in [0.05, 0.1) is 23.5 Å². The molecule has 0 unspecified atom stereocenters. The predicted octanol–water partition coefficient (Wildman–Crippen LogP) is 3.59. The number of nitrogens with zero attached hydrogens (tertiary/aromatic N) is 2. The zero-order valence-electron chi connectivity index (χ0n) is 12.0. The molecule has 0 bridgehead atoms. The van der Waals surface area contributed by atoms with Crippen LogP contribution in [0.4, 0.5) is 11.5 Å². The van der Waals surface area contributed by atoms with E-state index in [1.54, 1.807) is 42.7 Å². The Morgan fingerprint density at radius 1 is 1.09 bits per heavy atom. The first kappa shape index (κ1) is 15.1. The van der Waals surface area contributed by atoms with Gasteiger partial charge in [-0.3, -0.25) is 4.79 Å². The lowest BCUT2D eigenvalue weighted by Crippen LogP contribution is -2.15. The van der Waals surface area contributed by atoms with E-state index in [-0.39, 0.29) is 11.6 Å². The van der Waals surface area contributed by atoms with E-state index in [0.29, 0.717) is 23.1 Å². The fourth-order valence-corrected chi connectivity index (χ4v) is 2.07. The number of benzene rings is 1. The fraction of sp³-hybridized carbons (Fsp3) is 0.0625. The number of hydrogen-bond acceptors (Lipinski definition) is 5. The molecular weight excluding hydrogens is 316 g/mol. The van der Waals surface area contributed by atoms with Gasteiger partial charge in [-0.1, -0.05) is 23.7 Å². The first-order chi connectivity index (χ1) is 11.2. The Kier molecular flexibility index (Phi) is 4.54. The number of para-hydroxylation sites is 1. The third-order valence-electron chi connectivity index (χ3n) is 3.04. The van der Waals surface area contributed by atoms with Gasteiger partial charge in [-0.15, -0.1) is 10.2 Å². The Hall–Kier alpha value is -2.86. The molecule has 116 valence electrons. The van der Waals surface area contributed by atoms with Gasteiger partial charge in [0.15, 0.2) is 5.69 Å². The summed E-state index contributed by atoms with van der Waals surface area (Å²) >= 11 is 6.00. The van der Waals surface area contributed by atoms with Gasteiger partial charge in [0, 0.05) is 0 Å². The number of anilines is 2. The maximum atomic E-state index is 12.1. The van der Waals surface area contributed by atoms with E-state index in [1.807, 2.05) is 12.1 Å². The second-order valence-corrected chi connectivity index (χ2v) is 5.08. The molecule has 0 aliphatic heterocycles. The third kappa shape index (κ3) is 3.87. The Balaban J connectivity index is 1.62. The van der Waals surface area contributed by atoms with Crippen LogP contribution in [-0.4, -0.2) is 16.1 Å². The van der Waals surface area contributed by atoms with Gasteiger partial charge in [-0.25, -0.2) is 0 Å². The van der Waals surface area contributed by atoms with E-state index >= 15 is 0 Å². The first-order valence-corrected chi connectivity index (χ1v) is 7.26. The molecule has 0 saturated carbocycles. The fourth-order valence-electron chi connectivity index (χ4n) is 1.89. The molecule has 3 rings (SSSR count). The Morgan fingerprint density at radius 3 is 2.65 bits per heavy atom. The highest BCUT2D eigenvalue weighted by atomic mass is 35.5. The predicted molar refractivity (Wildman–Crippen MR) is 87.5 cm³/mol. The number of amides is 1. The number of halogens is 1. The van der Waals surface area contributed by atoms with E-state index < -0.39 is 0 Å². The molecule has 0 atom stereocenters. The van der Waals surface area contributed by atoms with Crippen LogP contribution in [0.1, 0.15) is 16.2 Å². The monoisotopic (exact) mass is 328 g/mol. The molecule has 0 radical (unpaired) electrons. The number of carbonyl (C=O) groups is 1. The average molecular weight is 329 g/mol. The van der Waals surface area contributed by atoms with Gasteiger partial charge in [-0.05, 0) is 36.4 Å². The highest BCUT2D eigenvalue weighted by Crippen LogP contribution is 2.20. The Labute approximate surface area is 137 Å². The van der Waals surface area contributed by atoms with E-state index in [9.17, 15) is 4.79 Å². The summed E-state index contributed by atoms with van der Waals surface area (Å²) in [4.78, 5) is 12.1. The van der Waals surface area contributed by atoms with Crippen molar-refractivity contribution in [3.05, 3.63) is 71.3 Å². The SMILES string of the molecule is O=C(Nc1ccccc1Cl)c1ccc(NCc2ccco2)nn1. The molecular formula is C16H13ClN4O2. The minimum atomic E-state index is -0.372. The standard InChI is InChI=1S/C16H13ClN4O2/c17-12-5-1-2-6-13(12)19-16(22)14-7-8-15(21-20-14)18-10-11-4-3-9-23-11/h1-9H,10H2,(H,18,21)(H,19,22). The van der Waals surface area contributed by atoms with Crippen LogP contribution in [0.15, 0.2) is 59.2 Å². The highest BCUT2D eigenvalue weighted by molar-refractivity contribution is 6.33. The number of aromatic nitrogens is 2.